The van der Waals surface area contributed by atoms with Gasteiger partial charge in [0.15, 0.2) is 0 Å². The highest BCUT2D eigenvalue weighted by Gasteiger charge is 2.28. The van der Waals surface area contributed by atoms with Crippen LogP contribution in [0.2, 0.25) is 0 Å². The second-order valence-corrected chi connectivity index (χ2v) is 7.54. The van der Waals surface area contributed by atoms with Gasteiger partial charge in [-0.2, -0.15) is 0 Å². The smallest absolute Gasteiger partial charge is 0.0120 e. The number of nitrogens with zero attached hydrogens (tertiary/aromatic N) is 2. The lowest BCUT2D eigenvalue weighted by Crippen LogP contribution is -2.48. The fourth-order valence-corrected chi connectivity index (χ4v) is 3.93. The number of rotatable bonds is 4. The van der Waals surface area contributed by atoms with E-state index in [2.05, 4.69) is 37.5 Å². The highest BCUT2D eigenvalue weighted by atomic mass is 15.2. The fraction of sp³-hybridized carbons (Fsp3) is 1.00. The number of hydrogen-bond donors (Lipinski definition) is 0. The molecule has 0 aliphatic carbocycles. The maximum Gasteiger partial charge on any atom is 0.0120 e. The summed E-state index contributed by atoms with van der Waals surface area (Å²) in [5, 5.41) is 0. The predicted molar refractivity (Wildman–Crippen MR) is 83.4 cm³/mol. The van der Waals surface area contributed by atoms with Crippen LogP contribution in [0.4, 0.5) is 0 Å². The van der Waals surface area contributed by atoms with E-state index in [9.17, 15) is 0 Å². The van der Waals surface area contributed by atoms with Gasteiger partial charge < -0.3 is 9.80 Å². The first-order chi connectivity index (χ1) is 9.06. The molecule has 2 heteroatoms. The third-order valence-corrected chi connectivity index (χ3v) is 5.21. The van der Waals surface area contributed by atoms with Gasteiger partial charge in [-0.05, 0) is 69.6 Å². The molecule has 0 atom stereocenters. The molecule has 2 nitrogen and oxygen atoms in total. The molecule has 112 valence electrons. The highest BCUT2D eigenvalue weighted by molar-refractivity contribution is 4.84. The molecule has 2 heterocycles. The first kappa shape index (κ1) is 15.3. The third kappa shape index (κ3) is 4.46. The van der Waals surface area contributed by atoms with E-state index in [1.54, 1.807) is 0 Å². The van der Waals surface area contributed by atoms with Gasteiger partial charge in [0, 0.05) is 12.6 Å². The van der Waals surface area contributed by atoms with E-state index in [1.165, 1.54) is 58.4 Å². The standard InChI is InChI=1S/C17H34N2/c1-14(2)13-18-9-7-17(8-10-18)19-11-5-16(6-12-19)15(3)4/h14-17H,5-13H2,1-4H3. The Kier molecular flexibility index (Phi) is 5.70. The van der Waals surface area contributed by atoms with Crippen LogP contribution in [-0.2, 0) is 0 Å². The zero-order valence-corrected chi connectivity index (χ0v) is 13.6. The Balaban J connectivity index is 1.71. The molecule has 0 spiro atoms. The molecule has 0 saturated carbocycles. The van der Waals surface area contributed by atoms with E-state index in [0.717, 1.165) is 23.8 Å². The molecule has 2 saturated heterocycles. The van der Waals surface area contributed by atoms with Crippen molar-refractivity contribution in [3.63, 3.8) is 0 Å². The van der Waals surface area contributed by atoms with Crippen LogP contribution in [0.3, 0.4) is 0 Å². The molecule has 0 N–H and O–H groups in total. The number of piperidine rings is 2. The molecule has 0 aromatic heterocycles. The number of hydrogen-bond acceptors (Lipinski definition) is 2. The van der Waals surface area contributed by atoms with E-state index in [0.29, 0.717) is 0 Å². The lowest BCUT2D eigenvalue weighted by atomic mass is 9.85. The van der Waals surface area contributed by atoms with Crippen molar-refractivity contribution in [3.8, 4) is 0 Å². The zero-order chi connectivity index (χ0) is 13.8. The summed E-state index contributed by atoms with van der Waals surface area (Å²) in [5.41, 5.74) is 0. The maximum atomic E-state index is 2.80. The van der Waals surface area contributed by atoms with Crippen molar-refractivity contribution in [2.45, 2.75) is 59.4 Å². The van der Waals surface area contributed by atoms with E-state index in [1.807, 2.05) is 0 Å². The molecule has 0 unspecified atom stereocenters. The number of likely N-dealkylation sites (tertiary alicyclic amines) is 2. The molecule has 2 fully saturated rings. The van der Waals surface area contributed by atoms with Gasteiger partial charge in [-0.15, -0.1) is 0 Å². The quantitative estimate of drug-likeness (QED) is 0.769. The maximum absolute atomic E-state index is 2.80. The van der Waals surface area contributed by atoms with Crippen LogP contribution in [0.25, 0.3) is 0 Å². The largest absolute Gasteiger partial charge is 0.303 e. The Bertz CT molecular complexity index is 246. The van der Waals surface area contributed by atoms with E-state index >= 15 is 0 Å². The van der Waals surface area contributed by atoms with Crippen molar-refractivity contribution in [2.75, 3.05) is 32.7 Å². The molecule has 0 radical (unpaired) electrons. The zero-order valence-electron chi connectivity index (χ0n) is 13.6. The van der Waals surface area contributed by atoms with Crippen LogP contribution >= 0.6 is 0 Å². The van der Waals surface area contributed by atoms with Gasteiger partial charge in [-0.25, -0.2) is 0 Å². The Morgan fingerprint density at radius 1 is 0.842 bits per heavy atom. The average molecular weight is 266 g/mol. The Morgan fingerprint density at radius 2 is 1.42 bits per heavy atom. The molecule has 0 aromatic carbocycles. The second-order valence-electron chi connectivity index (χ2n) is 7.54. The molecule has 2 aliphatic heterocycles. The molecular formula is C17H34N2. The van der Waals surface area contributed by atoms with Crippen LogP contribution in [-0.4, -0.2) is 48.6 Å². The summed E-state index contributed by atoms with van der Waals surface area (Å²) in [4.78, 5) is 5.47. The predicted octanol–water partition coefficient (Wildman–Crippen LogP) is 3.47. The van der Waals surface area contributed by atoms with Crippen molar-refractivity contribution in [3.05, 3.63) is 0 Å². The summed E-state index contributed by atoms with van der Waals surface area (Å²) < 4.78 is 0. The van der Waals surface area contributed by atoms with Gasteiger partial charge in [0.05, 0.1) is 0 Å². The van der Waals surface area contributed by atoms with Crippen LogP contribution in [0.5, 0.6) is 0 Å². The molecule has 2 aliphatic rings. The van der Waals surface area contributed by atoms with Crippen molar-refractivity contribution in [1.29, 1.82) is 0 Å². The molecular weight excluding hydrogens is 232 g/mol. The van der Waals surface area contributed by atoms with Crippen molar-refractivity contribution >= 4 is 0 Å². The minimum absolute atomic E-state index is 0.818. The van der Waals surface area contributed by atoms with Gasteiger partial charge >= 0.3 is 0 Å². The SMILES string of the molecule is CC(C)CN1CCC(N2CCC(C(C)C)CC2)CC1. The Labute approximate surface area is 120 Å². The summed E-state index contributed by atoms with van der Waals surface area (Å²) in [6, 6.07) is 0.886. The van der Waals surface area contributed by atoms with Crippen molar-refractivity contribution in [2.24, 2.45) is 17.8 Å². The highest BCUT2D eigenvalue weighted by Crippen LogP contribution is 2.28. The van der Waals surface area contributed by atoms with Crippen LogP contribution < -0.4 is 0 Å². The summed E-state index contributed by atoms with van der Waals surface area (Å²) in [6.45, 7) is 16.1. The van der Waals surface area contributed by atoms with Gasteiger partial charge in [0.2, 0.25) is 0 Å². The first-order valence-corrected chi connectivity index (χ1v) is 8.52. The average Bonchev–Trinajstić information content (AvgIpc) is 2.39. The van der Waals surface area contributed by atoms with E-state index in [-0.39, 0.29) is 0 Å². The van der Waals surface area contributed by atoms with E-state index < -0.39 is 0 Å². The van der Waals surface area contributed by atoms with Gasteiger partial charge in [0.25, 0.3) is 0 Å². The minimum atomic E-state index is 0.818. The Morgan fingerprint density at radius 3 is 1.89 bits per heavy atom. The lowest BCUT2D eigenvalue weighted by molar-refractivity contribution is 0.0659. The van der Waals surface area contributed by atoms with Crippen LogP contribution in [0, 0.1) is 17.8 Å². The molecule has 0 bridgehead atoms. The summed E-state index contributed by atoms with van der Waals surface area (Å²) >= 11 is 0. The van der Waals surface area contributed by atoms with Crippen molar-refractivity contribution < 1.29 is 0 Å². The minimum Gasteiger partial charge on any atom is -0.303 e. The summed E-state index contributed by atoms with van der Waals surface area (Å²) in [6.07, 6.45) is 5.67. The van der Waals surface area contributed by atoms with Gasteiger partial charge in [-0.3, -0.25) is 0 Å². The lowest BCUT2D eigenvalue weighted by Gasteiger charge is -2.42. The fourth-order valence-electron chi connectivity index (χ4n) is 3.93. The topological polar surface area (TPSA) is 6.48 Å². The third-order valence-electron chi connectivity index (χ3n) is 5.21. The monoisotopic (exact) mass is 266 g/mol. The Hall–Kier alpha value is -0.0800. The molecule has 2 rings (SSSR count). The van der Waals surface area contributed by atoms with Crippen LogP contribution in [0.15, 0.2) is 0 Å². The van der Waals surface area contributed by atoms with Crippen molar-refractivity contribution in [1.82, 2.24) is 9.80 Å². The summed E-state index contributed by atoms with van der Waals surface area (Å²) in [7, 11) is 0. The van der Waals surface area contributed by atoms with Gasteiger partial charge in [0.1, 0.15) is 0 Å². The van der Waals surface area contributed by atoms with Gasteiger partial charge in [-0.1, -0.05) is 27.7 Å². The van der Waals surface area contributed by atoms with Crippen LogP contribution in [0.1, 0.15) is 53.4 Å². The second kappa shape index (κ2) is 7.08. The molecule has 19 heavy (non-hydrogen) atoms. The normalized spacial score (nSPS) is 25.6. The molecule has 0 amide bonds. The van der Waals surface area contributed by atoms with E-state index in [4.69, 9.17) is 0 Å². The molecule has 0 aromatic rings. The summed E-state index contributed by atoms with van der Waals surface area (Å²) in [5.74, 6) is 2.69. The first-order valence-electron chi connectivity index (χ1n) is 8.52.